The van der Waals surface area contributed by atoms with Crippen molar-refractivity contribution in [1.29, 1.82) is 0 Å². The normalized spacial score (nSPS) is 44.1. The first kappa shape index (κ1) is 6.09. The van der Waals surface area contributed by atoms with E-state index in [4.69, 9.17) is 11.6 Å². The zero-order valence-electron chi connectivity index (χ0n) is 5.07. The van der Waals surface area contributed by atoms with Crippen LogP contribution in [0, 0.1) is 11.3 Å². The molecule has 0 aromatic carbocycles. The van der Waals surface area contributed by atoms with E-state index in [9.17, 15) is 4.79 Å². The largest absolute Gasteiger partial charge is 0.281 e. The van der Waals surface area contributed by atoms with Gasteiger partial charge in [-0.2, -0.15) is 0 Å². The molecule has 2 atom stereocenters. The molecule has 1 rings (SSSR count). The second-order valence-electron chi connectivity index (χ2n) is 2.80. The molecule has 0 aromatic rings. The molecule has 0 saturated heterocycles. The number of carbonyl (C=O) groups excluding carboxylic acids is 1. The van der Waals surface area contributed by atoms with Crippen molar-refractivity contribution in [3.8, 4) is 0 Å². The van der Waals surface area contributed by atoms with Gasteiger partial charge in [0, 0.05) is 5.41 Å². The summed E-state index contributed by atoms with van der Waals surface area (Å²) in [5.41, 5.74) is -0.165. The van der Waals surface area contributed by atoms with Gasteiger partial charge in [-0.05, 0) is 23.9 Å². The molecule has 0 amide bonds. The standard InChI is InChI=1S/C6H9ClO/c1-4-3-6(4,2)5(7)8/h4H,3H2,1-2H3. The van der Waals surface area contributed by atoms with Crippen LogP contribution in [0.5, 0.6) is 0 Å². The molecule has 1 aliphatic rings. The topological polar surface area (TPSA) is 17.1 Å². The van der Waals surface area contributed by atoms with Gasteiger partial charge in [0.1, 0.15) is 0 Å². The van der Waals surface area contributed by atoms with Gasteiger partial charge in [-0.3, -0.25) is 4.79 Å². The summed E-state index contributed by atoms with van der Waals surface area (Å²) in [5.74, 6) is 0.507. The second-order valence-corrected chi connectivity index (χ2v) is 3.14. The van der Waals surface area contributed by atoms with E-state index in [-0.39, 0.29) is 10.7 Å². The van der Waals surface area contributed by atoms with E-state index in [1.807, 2.05) is 13.8 Å². The molecule has 2 heteroatoms. The zero-order valence-corrected chi connectivity index (χ0v) is 5.83. The summed E-state index contributed by atoms with van der Waals surface area (Å²) in [7, 11) is 0. The van der Waals surface area contributed by atoms with Crippen LogP contribution in [0.4, 0.5) is 0 Å². The van der Waals surface area contributed by atoms with E-state index in [1.54, 1.807) is 0 Å². The summed E-state index contributed by atoms with van der Waals surface area (Å²) >= 11 is 5.27. The molecule has 0 bridgehead atoms. The van der Waals surface area contributed by atoms with Crippen LogP contribution < -0.4 is 0 Å². The Kier molecular flexibility index (Phi) is 1.12. The van der Waals surface area contributed by atoms with Crippen LogP contribution in [0.15, 0.2) is 0 Å². The van der Waals surface area contributed by atoms with Crippen molar-refractivity contribution in [3.63, 3.8) is 0 Å². The Morgan fingerprint density at radius 2 is 2.25 bits per heavy atom. The van der Waals surface area contributed by atoms with E-state index in [0.717, 1.165) is 6.42 Å². The molecule has 0 heterocycles. The first-order valence-electron chi connectivity index (χ1n) is 2.77. The number of hydrogen-bond acceptors (Lipinski definition) is 1. The zero-order chi connectivity index (χ0) is 6.36. The third-order valence-corrected chi connectivity index (χ3v) is 2.54. The lowest BCUT2D eigenvalue weighted by Crippen LogP contribution is -2.05. The Morgan fingerprint density at radius 3 is 2.25 bits per heavy atom. The van der Waals surface area contributed by atoms with Gasteiger partial charge in [0.2, 0.25) is 5.24 Å². The minimum Gasteiger partial charge on any atom is -0.281 e. The fourth-order valence-electron chi connectivity index (χ4n) is 0.851. The maximum atomic E-state index is 10.5. The van der Waals surface area contributed by atoms with Gasteiger partial charge in [0.25, 0.3) is 0 Å². The van der Waals surface area contributed by atoms with Gasteiger partial charge in [0.15, 0.2) is 0 Å². The highest BCUT2D eigenvalue weighted by atomic mass is 35.5. The minimum atomic E-state index is -0.176. The first-order valence-corrected chi connectivity index (χ1v) is 3.15. The van der Waals surface area contributed by atoms with Crippen molar-refractivity contribution in [3.05, 3.63) is 0 Å². The SMILES string of the molecule is CC1CC1(C)C(=O)Cl. The predicted molar refractivity (Wildman–Crippen MR) is 32.7 cm³/mol. The van der Waals surface area contributed by atoms with E-state index >= 15 is 0 Å². The highest BCUT2D eigenvalue weighted by Gasteiger charge is 2.51. The number of rotatable bonds is 1. The fourth-order valence-corrected chi connectivity index (χ4v) is 1.11. The van der Waals surface area contributed by atoms with Crippen LogP contribution >= 0.6 is 11.6 Å². The summed E-state index contributed by atoms with van der Waals surface area (Å²) in [6.45, 7) is 3.95. The molecule has 46 valence electrons. The van der Waals surface area contributed by atoms with Crippen molar-refractivity contribution >= 4 is 16.8 Å². The van der Waals surface area contributed by atoms with Gasteiger partial charge >= 0.3 is 0 Å². The monoisotopic (exact) mass is 132 g/mol. The summed E-state index contributed by atoms with van der Waals surface area (Å²) in [5, 5.41) is -0.176. The van der Waals surface area contributed by atoms with Crippen molar-refractivity contribution in [2.45, 2.75) is 20.3 Å². The summed E-state index contributed by atoms with van der Waals surface area (Å²) < 4.78 is 0. The van der Waals surface area contributed by atoms with Gasteiger partial charge in [-0.15, -0.1) is 0 Å². The maximum absolute atomic E-state index is 10.5. The summed E-state index contributed by atoms with van der Waals surface area (Å²) in [6, 6.07) is 0. The van der Waals surface area contributed by atoms with Crippen LogP contribution in [0.2, 0.25) is 0 Å². The Labute approximate surface area is 54.0 Å². The van der Waals surface area contributed by atoms with Crippen molar-refractivity contribution in [2.24, 2.45) is 11.3 Å². The number of halogens is 1. The summed E-state index contributed by atoms with van der Waals surface area (Å²) in [4.78, 5) is 10.5. The quantitative estimate of drug-likeness (QED) is 0.498. The highest BCUT2D eigenvalue weighted by molar-refractivity contribution is 6.65. The molecule has 8 heavy (non-hydrogen) atoms. The van der Waals surface area contributed by atoms with E-state index in [2.05, 4.69) is 0 Å². The molecule has 0 spiro atoms. The van der Waals surface area contributed by atoms with E-state index in [1.165, 1.54) is 0 Å². The molecule has 0 radical (unpaired) electrons. The van der Waals surface area contributed by atoms with Crippen LogP contribution in [0.3, 0.4) is 0 Å². The second kappa shape index (κ2) is 1.47. The van der Waals surface area contributed by atoms with Crippen LogP contribution in [-0.4, -0.2) is 5.24 Å². The molecule has 0 N–H and O–H groups in total. The Balaban J connectivity index is 2.60. The van der Waals surface area contributed by atoms with Crippen molar-refractivity contribution in [1.82, 2.24) is 0 Å². The van der Waals surface area contributed by atoms with Gasteiger partial charge in [-0.25, -0.2) is 0 Å². The Morgan fingerprint density at radius 1 is 1.88 bits per heavy atom. The van der Waals surface area contributed by atoms with Gasteiger partial charge in [-0.1, -0.05) is 13.8 Å². The highest BCUT2D eigenvalue weighted by Crippen LogP contribution is 2.53. The maximum Gasteiger partial charge on any atom is 0.227 e. The van der Waals surface area contributed by atoms with Crippen LogP contribution in [0.25, 0.3) is 0 Å². The van der Waals surface area contributed by atoms with Crippen LogP contribution in [-0.2, 0) is 4.79 Å². The smallest absolute Gasteiger partial charge is 0.227 e. The lowest BCUT2D eigenvalue weighted by atomic mass is 10.1. The molecular formula is C6H9ClO. The average molecular weight is 133 g/mol. The predicted octanol–water partition coefficient (Wildman–Crippen LogP) is 1.80. The fraction of sp³-hybridized carbons (Fsp3) is 0.833. The third-order valence-electron chi connectivity index (χ3n) is 2.11. The van der Waals surface area contributed by atoms with Crippen molar-refractivity contribution in [2.75, 3.05) is 0 Å². The lowest BCUT2D eigenvalue weighted by molar-refractivity contribution is -0.116. The van der Waals surface area contributed by atoms with Crippen molar-refractivity contribution < 1.29 is 4.79 Å². The first-order chi connectivity index (χ1) is 3.57. The molecular weight excluding hydrogens is 124 g/mol. The summed E-state index contributed by atoms with van der Waals surface area (Å²) in [6.07, 6.45) is 0.968. The molecule has 1 fully saturated rings. The van der Waals surface area contributed by atoms with E-state index in [0.29, 0.717) is 5.92 Å². The minimum absolute atomic E-state index is 0.165. The molecule has 0 aliphatic heterocycles. The van der Waals surface area contributed by atoms with E-state index < -0.39 is 0 Å². The van der Waals surface area contributed by atoms with Gasteiger partial charge in [0.05, 0.1) is 0 Å². The molecule has 0 aromatic heterocycles. The Hall–Kier alpha value is -0.0400. The third kappa shape index (κ3) is 0.655. The lowest BCUT2D eigenvalue weighted by Gasteiger charge is -1.97. The molecule has 1 nitrogen and oxygen atoms in total. The van der Waals surface area contributed by atoms with Gasteiger partial charge < -0.3 is 0 Å². The number of carbonyl (C=O) groups is 1. The average Bonchev–Trinajstić information content (AvgIpc) is 2.17. The van der Waals surface area contributed by atoms with Crippen LogP contribution in [0.1, 0.15) is 20.3 Å². The molecule has 1 saturated carbocycles. The molecule has 2 unspecified atom stereocenters. The number of hydrogen-bond donors (Lipinski definition) is 0. The molecule has 1 aliphatic carbocycles. The Bertz CT molecular complexity index is 132.